The molecule has 0 radical (unpaired) electrons. The van der Waals surface area contributed by atoms with Crippen LogP contribution in [0.25, 0.3) is 11.4 Å². The van der Waals surface area contributed by atoms with Gasteiger partial charge in [0.2, 0.25) is 0 Å². The van der Waals surface area contributed by atoms with E-state index >= 15 is 0 Å². The zero-order valence-electron chi connectivity index (χ0n) is 11.9. The molecule has 110 valence electrons. The SMILES string of the molecule is CCCc1nc(-c2ccc(Cl)c(Br)c2)nc2c1CCNC2. The monoisotopic (exact) mass is 365 g/mol. The zero-order chi connectivity index (χ0) is 14.8. The van der Waals surface area contributed by atoms with Crippen LogP contribution in [-0.2, 0) is 19.4 Å². The van der Waals surface area contributed by atoms with Crippen LogP contribution in [0.1, 0.15) is 30.3 Å². The molecule has 1 aliphatic heterocycles. The lowest BCUT2D eigenvalue weighted by molar-refractivity contribution is 0.614. The summed E-state index contributed by atoms with van der Waals surface area (Å²) in [5, 5.41) is 4.09. The van der Waals surface area contributed by atoms with Crippen LogP contribution >= 0.6 is 27.5 Å². The van der Waals surface area contributed by atoms with Gasteiger partial charge in [-0.3, -0.25) is 0 Å². The maximum absolute atomic E-state index is 6.07. The molecule has 3 rings (SSSR count). The highest BCUT2D eigenvalue weighted by molar-refractivity contribution is 9.10. The van der Waals surface area contributed by atoms with Gasteiger partial charge in [0, 0.05) is 22.3 Å². The normalized spacial score (nSPS) is 14.0. The van der Waals surface area contributed by atoms with E-state index < -0.39 is 0 Å². The van der Waals surface area contributed by atoms with E-state index in [0.29, 0.717) is 5.02 Å². The highest BCUT2D eigenvalue weighted by Crippen LogP contribution is 2.28. The first-order valence-corrected chi connectivity index (χ1v) is 8.41. The molecule has 0 bridgehead atoms. The first-order valence-electron chi connectivity index (χ1n) is 7.24. The lowest BCUT2D eigenvalue weighted by atomic mass is 10.0. The van der Waals surface area contributed by atoms with Crippen LogP contribution in [0.2, 0.25) is 5.02 Å². The summed E-state index contributed by atoms with van der Waals surface area (Å²) >= 11 is 9.53. The Morgan fingerprint density at radius 3 is 2.95 bits per heavy atom. The van der Waals surface area contributed by atoms with E-state index in [0.717, 1.165) is 53.9 Å². The second kappa shape index (κ2) is 6.42. The van der Waals surface area contributed by atoms with Gasteiger partial charge in [-0.15, -0.1) is 0 Å². The van der Waals surface area contributed by atoms with E-state index in [1.54, 1.807) is 0 Å². The predicted molar refractivity (Wildman–Crippen MR) is 89.6 cm³/mol. The van der Waals surface area contributed by atoms with Crippen molar-refractivity contribution in [2.24, 2.45) is 0 Å². The first kappa shape index (κ1) is 14.9. The minimum Gasteiger partial charge on any atom is -0.311 e. The van der Waals surface area contributed by atoms with Crippen LogP contribution in [0, 0.1) is 0 Å². The third kappa shape index (κ3) is 3.12. The summed E-state index contributed by atoms with van der Waals surface area (Å²) in [5.74, 6) is 0.790. The van der Waals surface area contributed by atoms with Crippen molar-refractivity contribution in [2.75, 3.05) is 6.54 Å². The zero-order valence-corrected chi connectivity index (χ0v) is 14.3. The Kier molecular flexibility index (Phi) is 4.57. The highest BCUT2D eigenvalue weighted by Gasteiger charge is 2.17. The van der Waals surface area contributed by atoms with E-state index in [9.17, 15) is 0 Å². The molecule has 5 heteroatoms. The smallest absolute Gasteiger partial charge is 0.159 e. The average molecular weight is 367 g/mol. The third-order valence-corrected chi connectivity index (χ3v) is 4.90. The van der Waals surface area contributed by atoms with Crippen molar-refractivity contribution < 1.29 is 0 Å². The Hall–Kier alpha value is -0.970. The van der Waals surface area contributed by atoms with E-state index in [1.807, 2.05) is 18.2 Å². The molecule has 0 unspecified atom stereocenters. The minimum atomic E-state index is 0.701. The van der Waals surface area contributed by atoms with Crippen molar-refractivity contribution in [1.82, 2.24) is 15.3 Å². The van der Waals surface area contributed by atoms with Crippen LogP contribution in [0.5, 0.6) is 0 Å². The molecular weight excluding hydrogens is 350 g/mol. The molecule has 2 aromatic rings. The van der Waals surface area contributed by atoms with Crippen molar-refractivity contribution in [3.8, 4) is 11.4 Å². The Labute approximate surface area is 138 Å². The maximum atomic E-state index is 6.07. The number of aryl methyl sites for hydroxylation is 1. The number of hydrogen-bond acceptors (Lipinski definition) is 3. The van der Waals surface area contributed by atoms with Crippen LogP contribution in [-0.4, -0.2) is 16.5 Å². The molecule has 0 saturated heterocycles. The molecule has 0 atom stereocenters. The van der Waals surface area contributed by atoms with E-state index in [1.165, 1.54) is 11.3 Å². The van der Waals surface area contributed by atoms with Gasteiger partial charge in [-0.05, 0) is 59.1 Å². The number of hydrogen-bond donors (Lipinski definition) is 1. The van der Waals surface area contributed by atoms with Crippen molar-refractivity contribution >= 4 is 27.5 Å². The molecular formula is C16H17BrClN3. The second-order valence-electron chi connectivity index (χ2n) is 5.22. The van der Waals surface area contributed by atoms with Crippen molar-refractivity contribution in [1.29, 1.82) is 0 Å². The summed E-state index contributed by atoms with van der Waals surface area (Å²) in [4.78, 5) is 9.57. The standard InChI is InChI=1S/C16H17BrClN3/c1-2-3-14-11-6-7-19-9-15(11)21-16(20-14)10-4-5-13(18)12(17)8-10/h4-5,8,19H,2-3,6-7,9H2,1H3. The van der Waals surface area contributed by atoms with Crippen molar-refractivity contribution in [3.05, 3.63) is 44.6 Å². The van der Waals surface area contributed by atoms with Crippen LogP contribution in [0.3, 0.4) is 0 Å². The molecule has 1 aliphatic rings. The summed E-state index contributed by atoms with van der Waals surface area (Å²) < 4.78 is 0.873. The number of aromatic nitrogens is 2. The Balaban J connectivity index is 2.09. The van der Waals surface area contributed by atoms with Gasteiger partial charge in [-0.2, -0.15) is 0 Å². The number of nitrogens with one attached hydrogen (secondary N) is 1. The van der Waals surface area contributed by atoms with E-state index in [-0.39, 0.29) is 0 Å². The Morgan fingerprint density at radius 1 is 1.33 bits per heavy atom. The number of nitrogens with zero attached hydrogens (tertiary/aromatic N) is 2. The Morgan fingerprint density at radius 2 is 2.19 bits per heavy atom. The lowest BCUT2D eigenvalue weighted by Crippen LogP contribution is -2.26. The molecule has 2 heterocycles. The fourth-order valence-electron chi connectivity index (χ4n) is 2.65. The summed E-state index contributed by atoms with van der Waals surface area (Å²) in [6.45, 7) is 4.03. The molecule has 1 aromatic carbocycles. The highest BCUT2D eigenvalue weighted by atomic mass is 79.9. The molecule has 0 saturated carbocycles. The first-order chi connectivity index (χ1) is 10.2. The maximum Gasteiger partial charge on any atom is 0.159 e. The van der Waals surface area contributed by atoms with Gasteiger partial charge in [0.05, 0.1) is 10.7 Å². The summed E-state index contributed by atoms with van der Waals surface area (Å²) in [7, 11) is 0. The van der Waals surface area contributed by atoms with Gasteiger partial charge in [-0.1, -0.05) is 24.9 Å². The van der Waals surface area contributed by atoms with Crippen molar-refractivity contribution in [2.45, 2.75) is 32.7 Å². The van der Waals surface area contributed by atoms with Gasteiger partial charge < -0.3 is 5.32 Å². The minimum absolute atomic E-state index is 0.701. The molecule has 0 fully saturated rings. The molecule has 1 N–H and O–H groups in total. The van der Waals surface area contributed by atoms with E-state index in [2.05, 4.69) is 28.2 Å². The van der Waals surface area contributed by atoms with Gasteiger partial charge in [0.1, 0.15) is 0 Å². The molecule has 0 aliphatic carbocycles. The van der Waals surface area contributed by atoms with Gasteiger partial charge in [0.25, 0.3) is 0 Å². The largest absolute Gasteiger partial charge is 0.311 e. The van der Waals surface area contributed by atoms with Gasteiger partial charge in [-0.25, -0.2) is 9.97 Å². The van der Waals surface area contributed by atoms with Gasteiger partial charge >= 0.3 is 0 Å². The molecule has 0 spiro atoms. The average Bonchev–Trinajstić information content (AvgIpc) is 2.50. The predicted octanol–water partition coefficient (Wildman–Crippen LogP) is 4.16. The second-order valence-corrected chi connectivity index (χ2v) is 6.49. The lowest BCUT2D eigenvalue weighted by Gasteiger charge is -2.20. The van der Waals surface area contributed by atoms with Crippen LogP contribution in [0.4, 0.5) is 0 Å². The topological polar surface area (TPSA) is 37.8 Å². The number of rotatable bonds is 3. The summed E-state index contributed by atoms with van der Waals surface area (Å²) in [5.41, 5.74) is 4.68. The molecule has 1 aromatic heterocycles. The fraction of sp³-hybridized carbons (Fsp3) is 0.375. The molecule has 3 nitrogen and oxygen atoms in total. The summed E-state index contributed by atoms with van der Waals surface area (Å²) in [6, 6.07) is 5.83. The van der Waals surface area contributed by atoms with Gasteiger partial charge in [0.15, 0.2) is 5.82 Å². The quantitative estimate of drug-likeness (QED) is 0.886. The molecule has 0 amide bonds. The van der Waals surface area contributed by atoms with E-state index in [4.69, 9.17) is 21.6 Å². The fourth-order valence-corrected chi connectivity index (χ4v) is 3.14. The number of benzene rings is 1. The van der Waals surface area contributed by atoms with Crippen LogP contribution < -0.4 is 5.32 Å². The van der Waals surface area contributed by atoms with Crippen LogP contribution in [0.15, 0.2) is 22.7 Å². The van der Waals surface area contributed by atoms with Crippen molar-refractivity contribution in [3.63, 3.8) is 0 Å². The third-order valence-electron chi connectivity index (χ3n) is 3.69. The molecule has 21 heavy (non-hydrogen) atoms. The summed E-state index contributed by atoms with van der Waals surface area (Å²) in [6.07, 6.45) is 3.13. The Bertz CT molecular complexity index is 673. The number of halogens is 2. The number of fused-ring (bicyclic) bond motifs is 1.